The SMILES string of the molecule is COC(=O)c1ccccc1[C@H]1CN(Cc2ccccc2)C[C@H]1C#N. The highest BCUT2D eigenvalue weighted by molar-refractivity contribution is 5.91. The number of benzene rings is 2. The van der Waals surface area contributed by atoms with Crippen LogP contribution in [0.15, 0.2) is 54.6 Å². The second-order valence-corrected chi connectivity index (χ2v) is 6.10. The molecule has 4 heteroatoms. The molecule has 0 N–H and O–H groups in total. The number of ether oxygens (including phenoxy) is 1. The number of rotatable bonds is 4. The Balaban J connectivity index is 1.84. The Kier molecular flexibility index (Phi) is 4.93. The van der Waals surface area contributed by atoms with Crippen LogP contribution in [-0.4, -0.2) is 31.1 Å². The third-order valence-electron chi connectivity index (χ3n) is 4.58. The maximum absolute atomic E-state index is 12.0. The second kappa shape index (κ2) is 7.29. The monoisotopic (exact) mass is 320 g/mol. The van der Waals surface area contributed by atoms with Crippen molar-refractivity contribution in [1.82, 2.24) is 4.90 Å². The Labute approximate surface area is 142 Å². The van der Waals surface area contributed by atoms with E-state index in [0.717, 1.165) is 18.7 Å². The number of nitriles is 1. The predicted octanol–water partition coefficient (Wildman–Crippen LogP) is 3.21. The van der Waals surface area contributed by atoms with Gasteiger partial charge in [0, 0.05) is 25.6 Å². The molecule has 0 unspecified atom stereocenters. The number of carbonyl (C=O) groups excluding carboxylic acids is 1. The molecule has 2 aromatic rings. The van der Waals surface area contributed by atoms with Crippen molar-refractivity contribution in [2.45, 2.75) is 12.5 Å². The van der Waals surface area contributed by atoms with Crippen molar-refractivity contribution in [3.63, 3.8) is 0 Å². The highest BCUT2D eigenvalue weighted by Crippen LogP contribution is 2.35. The molecule has 1 fully saturated rings. The summed E-state index contributed by atoms with van der Waals surface area (Å²) < 4.78 is 4.89. The van der Waals surface area contributed by atoms with Gasteiger partial charge in [-0.3, -0.25) is 4.90 Å². The quantitative estimate of drug-likeness (QED) is 0.812. The zero-order valence-corrected chi connectivity index (χ0v) is 13.7. The van der Waals surface area contributed by atoms with Crippen molar-refractivity contribution in [2.24, 2.45) is 5.92 Å². The van der Waals surface area contributed by atoms with Crippen molar-refractivity contribution in [3.8, 4) is 6.07 Å². The molecule has 0 spiro atoms. The number of hydrogen-bond donors (Lipinski definition) is 0. The van der Waals surface area contributed by atoms with Gasteiger partial charge in [-0.2, -0.15) is 5.26 Å². The van der Waals surface area contributed by atoms with Crippen molar-refractivity contribution in [2.75, 3.05) is 20.2 Å². The Morgan fingerprint density at radius 3 is 2.58 bits per heavy atom. The molecule has 1 saturated heterocycles. The number of methoxy groups -OCH3 is 1. The van der Waals surface area contributed by atoms with Crippen LogP contribution in [-0.2, 0) is 11.3 Å². The third-order valence-corrected chi connectivity index (χ3v) is 4.58. The largest absolute Gasteiger partial charge is 0.465 e. The van der Waals surface area contributed by atoms with E-state index in [1.165, 1.54) is 12.7 Å². The van der Waals surface area contributed by atoms with Gasteiger partial charge in [0.2, 0.25) is 0 Å². The van der Waals surface area contributed by atoms with Gasteiger partial charge in [-0.1, -0.05) is 48.5 Å². The maximum atomic E-state index is 12.0. The van der Waals surface area contributed by atoms with E-state index in [4.69, 9.17) is 4.74 Å². The molecule has 1 aliphatic heterocycles. The van der Waals surface area contributed by atoms with Gasteiger partial charge in [0.05, 0.1) is 24.7 Å². The van der Waals surface area contributed by atoms with E-state index in [0.29, 0.717) is 12.1 Å². The van der Waals surface area contributed by atoms with Crippen molar-refractivity contribution in [3.05, 3.63) is 71.3 Å². The van der Waals surface area contributed by atoms with Crippen LogP contribution >= 0.6 is 0 Å². The summed E-state index contributed by atoms with van der Waals surface area (Å²) in [5.74, 6) is -0.447. The molecule has 3 rings (SSSR count). The molecule has 4 nitrogen and oxygen atoms in total. The van der Waals surface area contributed by atoms with Gasteiger partial charge in [0.15, 0.2) is 0 Å². The lowest BCUT2D eigenvalue weighted by atomic mass is 9.87. The molecule has 0 amide bonds. The van der Waals surface area contributed by atoms with Gasteiger partial charge in [-0.05, 0) is 17.2 Å². The average Bonchev–Trinajstić information content (AvgIpc) is 3.04. The summed E-state index contributed by atoms with van der Waals surface area (Å²) in [4.78, 5) is 14.3. The highest BCUT2D eigenvalue weighted by Gasteiger charge is 2.35. The minimum atomic E-state index is -0.344. The van der Waals surface area contributed by atoms with Gasteiger partial charge in [0.25, 0.3) is 0 Å². The Bertz CT molecular complexity index is 752. The maximum Gasteiger partial charge on any atom is 0.338 e. The van der Waals surface area contributed by atoms with E-state index in [-0.39, 0.29) is 17.8 Å². The Morgan fingerprint density at radius 2 is 1.88 bits per heavy atom. The smallest absolute Gasteiger partial charge is 0.338 e. The van der Waals surface area contributed by atoms with E-state index < -0.39 is 0 Å². The number of hydrogen-bond acceptors (Lipinski definition) is 4. The average molecular weight is 320 g/mol. The van der Waals surface area contributed by atoms with Crippen molar-refractivity contribution in [1.29, 1.82) is 5.26 Å². The van der Waals surface area contributed by atoms with Crippen LogP contribution in [0.25, 0.3) is 0 Å². The van der Waals surface area contributed by atoms with E-state index in [9.17, 15) is 10.1 Å². The first kappa shape index (κ1) is 16.2. The van der Waals surface area contributed by atoms with Gasteiger partial charge in [-0.15, -0.1) is 0 Å². The Hall–Kier alpha value is -2.64. The fourth-order valence-electron chi connectivity index (χ4n) is 3.42. The first-order valence-electron chi connectivity index (χ1n) is 8.06. The molecule has 0 bridgehead atoms. The molecule has 2 aromatic carbocycles. The van der Waals surface area contributed by atoms with Gasteiger partial charge in [-0.25, -0.2) is 4.79 Å². The molecular weight excluding hydrogens is 300 g/mol. The first-order chi connectivity index (χ1) is 11.7. The predicted molar refractivity (Wildman–Crippen MR) is 91.3 cm³/mol. The molecule has 122 valence electrons. The molecule has 2 atom stereocenters. The molecule has 24 heavy (non-hydrogen) atoms. The highest BCUT2D eigenvalue weighted by atomic mass is 16.5. The molecule has 0 saturated carbocycles. The van der Waals surface area contributed by atoms with Crippen LogP contribution in [0, 0.1) is 17.2 Å². The van der Waals surface area contributed by atoms with Gasteiger partial charge >= 0.3 is 5.97 Å². The van der Waals surface area contributed by atoms with E-state index in [1.54, 1.807) is 6.07 Å². The van der Waals surface area contributed by atoms with Gasteiger partial charge in [0.1, 0.15) is 0 Å². The molecule has 0 radical (unpaired) electrons. The summed E-state index contributed by atoms with van der Waals surface area (Å²) in [7, 11) is 1.39. The zero-order chi connectivity index (χ0) is 16.9. The van der Waals surface area contributed by atoms with Crippen LogP contribution < -0.4 is 0 Å². The van der Waals surface area contributed by atoms with Crippen LogP contribution in [0.4, 0.5) is 0 Å². The van der Waals surface area contributed by atoms with E-state index >= 15 is 0 Å². The van der Waals surface area contributed by atoms with Crippen LogP contribution in [0.2, 0.25) is 0 Å². The summed E-state index contributed by atoms with van der Waals surface area (Å²) in [6.45, 7) is 2.29. The fourth-order valence-corrected chi connectivity index (χ4v) is 3.42. The van der Waals surface area contributed by atoms with Gasteiger partial charge < -0.3 is 4.74 Å². The summed E-state index contributed by atoms with van der Waals surface area (Å²) in [6, 6.07) is 20.1. The summed E-state index contributed by atoms with van der Waals surface area (Å²) in [6.07, 6.45) is 0. The lowest BCUT2D eigenvalue weighted by Crippen LogP contribution is -2.20. The van der Waals surface area contributed by atoms with Crippen LogP contribution in [0.1, 0.15) is 27.4 Å². The van der Waals surface area contributed by atoms with Crippen molar-refractivity contribution < 1.29 is 9.53 Å². The lowest BCUT2D eigenvalue weighted by molar-refractivity contribution is 0.0598. The van der Waals surface area contributed by atoms with E-state index in [2.05, 4.69) is 23.1 Å². The second-order valence-electron chi connectivity index (χ2n) is 6.10. The minimum absolute atomic E-state index is 0.0222. The topological polar surface area (TPSA) is 53.3 Å². The molecular formula is C20H20N2O2. The third kappa shape index (κ3) is 3.32. The van der Waals surface area contributed by atoms with Crippen molar-refractivity contribution >= 4 is 5.97 Å². The van der Waals surface area contributed by atoms with E-state index in [1.807, 2.05) is 36.4 Å². The fraction of sp³-hybridized carbons (Fsp3) is 0.300. The number of nitrogens with zero attached hydrogens (tertiary/aromatic N) is 2. The number of carbonyl (C=O) groups is 1. The molecule has 1 aliphatic rings. The normalized spacial score (nSPS) is 20.5. The minimum Gasteiger partial charge on any atom is -0.465 e. The molecule has 0 aromatic heterocycles. The Morgan fingerprint density at radius 1 is 1.17 bits per heavy atom. The standard InChI is InChI=1S/C20H20N2O2/c1-24-20(23)18-10-6-5-9-17(18)19-14-22(13-16(19)11-21)12-15-7-3-2-4-8-15/h2-10,16,19H,12-14H2,1H3/t16-,19+/m1/s1. The number of esters is 1. The summed E-state index contributed by atoms with van der Waals surface area (Å²) >= 11 is 0. The first-order valence-corrected chi connectivity index (χ1v) is 8.06. The van der Waals surface area contributed by atoms with Crippen LogP contribution in [0.5, 0.6) is 0 Å². The summed E-state index contributed by atoms with van der Waals surface area (Å²) in [5, 5.41) is 9.58. The number of likely N-dealkylation sites (tertiary alicyclic amines) is 1. The lowest BCUT2D eigenvalue weighted by Gasteiger charge is -2.18. The molecule has 0 aliphatic carbocycles. The zero-order valence-electron chi connectivity index (χ0n) is 13.7. The summed E-state index contributed by atoms with van der Waals surface area (Å²) in [5.41, 5.74) is 2.70. The van der Waals surface area contributed by atoms with Crippen LogP contribution in [0.3, 0.4) is 0 Å². The molecule has 1 heterocycles.